The average molecular weight is 518 g/mol. The number of likely N-dealkylation sites (tertiary alicyclic amines) is 1. The third-order valence-corrected chi connectivity index (χ3v) is 7.03. The van der Waals surface area contributed by atoms with Crippen molar-refractivity contribution in [2.75, 3.05) is 23.7 Å². The Balaban J connectivity index is 1.50. The highest BCUT2D eigenvalue weighted by Crippen LogP contribution is 2.40. The second-order valence-corrected chi connectivity index (χ2v) is 10.1. The molecule has 3 aromatic rings. The number of rotatable bonds is 6. The fourth-order valence-electron chi connectivity index (χ4n) is 5.19. The molecule has 0 spiro atoms. The molecule has 2 aromatic heterocycles. The molecular weight excluding hydrogens is 487 g/mol. The second-order valence-electron chi connectivity index (χ2n) is 10.1. The summed E-state index contributed by atoms with van der Waals surface area (Å²) in [6.07, 6.45) is 4.68. The number of halogens is 3. The van der Waals surface area contributed by atoms with Gasteiger partial charge in [-0.2, -0.15) is 4.98 Å². The molecule has 0 unspecified atom stereocenters. The maximum atomic E-state index is 14.5. The zero-order valence-electron chi connectivity index (χ0n) is 20.8. The minimum Gasteiger partial charge on any atom is -0.380 e. The van der Waals surface area contributed by atoms with E-state index < -0.39 is 28.7 Å². The first kappa shape index (κ1) is 25.2. The zero-order chi connectivity index (χ0) is 26.3. The second kappa shape index (κ2) is 9.81. The predicted molar refractivity (Wildman–Crippen MR) is 132 cm³/mol. The lowest BCUT2D eigenvalue weighted by Gasteiger charge is -2.38. The van der Waals surface area contributed by atoms with Crippen molar-refractivity contribution in [2.45, 2.75) is 70.1 Å². The van der Waals surface area contributed by atoms with E-state index in [-0.39, 0.29) is 36.8 Å². The van der Waals surface area contributed by atoms with Gasteiger partial charge in [0.05, 0.1) is 6.20 Å². The molecule has 37 heavy (non-hydrogen) atoms. The predicted octanol–water partition coefficient (Wildman–Crippen LogP) is 4.28. The Morgan fingerprint density at radius 1 is 1.11 bits per heavy atom. The molecule has 0 atom stereocenters. The van der Waals surface area contributed by atoms with Crippen molar-refractivity contribution < 1.29 is 23.1 Å². The minimum absolute atomic E-state index is 0.0649. The topological polar surface area (TPSA) is 108 Å². The fraction of sp³-hybridized carbons (Fsp3) is 0.520. The minimum atomic E-state index is -1.45. The van der Waals surface area contributed by atoms with E-state index in [4.69, 9.17) is 0 Å². The Kier molecular flexibility index (Phi) is 6.69. The van der Waals surface area contributed by atoms with Gasteiger partial charge < -0.3 is 20.6 Å². The van der Waals surface area contributed by atoms with Crippen LogP contribution in [0.1, 0.15) is 58.4 Å². The molecule has 1 amide bonds. The first-order valence-electron chi connectivity index (χ1n) is 12.6. The third-order valence-electron chi connectivity index (χ3n) is 7.03. The van der Waals surface area contributed by atoms with Crippen molar-refractivity contribution in [1.29, 1.82) is 0 Å². The maximum Gasteiger partial charge on any atom is 0.254 e. The number of hydrogen-bond donors (Lipinski definition) is 3. The molecule has 1 saturated carbocycles. The smallest absolute Gasteiger partial charge is 0.254 e. The van der Waals surface area contributed by atoms with Crippen LogP contribution in [0.15, 0.2) is 18.3 Å². The number of aliphatic hydroxyl groups is 1. The molecule has 3 heterocycles. The highest BCUT2D eigenvalue weighted by molar-refractivity contribution is 5.85. The van der Waals surface area contributed by atoms with Crippen LogP contribution in [0.5, 0.6) is 0 Å². The molecule has 9 nitrogen and oxygen atoms in total. The van der Waals surface area contributed by atoms with Crippen molar-refractivity contribution in [3.63, 3.8) is 0 Å². The van der Waals surface area contributed by atoms with Crippen LogP contribution < -0.4 is 10.6 Å². The van der Waals surface area contributed by atoms with Crippen molar-refractivity contribution in [2.24, 2.45) is 0 Å². The Hall–Kier alpha value is -3.41. The van der Waals surface area contributed by atoms with E-state index in [9.17, 15) is 23.1 Å². The SMILES string of the molecule is CC(C)Nc1ncc2nc(Nc3c(F)cc(F)cc3F)n([C@H]3CC[C@@](O)(C(=O)N4CCCC4)CC3)c2n1. The lowest BCUT2D eigenvalue weighted by Crippen LogP contribution is -2.50. The van der Waals surface area contributed by atoms with Gasteiger partial charge in [0.15, 0.2) is 17.3 Å². The number of amides is 1. The molecule has 1 saturated heterocycles. The van der Waals surface area contributed by atoms with Gasteiger partial charge in [-0.25, -0.2) is 23.1 Å². The lowest BCUT2D eigenvalue weighted by atomic mass is 9.81. The average Bonchev–Trinajstić information content (AvgIpc) is 3.49. The molecule has 2 aliphatic rings. The summed E-state index contributed by atoms with van der Waals surface area (Å²) in [4.78, 5) is 28.1. The number of imidazole rings is 1. The van der Waals surface area contributed by atoms with E-state index >= 15 is 0 Å². The number of benzene rings is 1. The van der Waals surface area contributed by atoms with Gasteiger partial charge in [-0.05, 0) is 52.4 Å². The van der Waals surface area contributed by atoms with E-state index in [0.717, 1.165) is 12.8 Å². The number of fused-ring (bicyclic) bond motifs is 1. The molecule has 1 aliphatic carbocycles. The van der Waals surface area contributed by atoms with Gasteiger partial charge >= 0.3 is 0 Å². The number of nitrogens with zero attached hydrogens (tertiary/aromatic N) is 5. The summed E-state index contributed by atoms with van der Waals surface area (Å²) in [6.45, 7) is 5.19. The van der Waals surface area contributed by atoms with Gasteiger partial charge in [0.25, 0.3) is 5.91 Å². The van der Waals surface area contributed by atoms with Crippen LogP contribution >= 0.6 is 0 Å². The van der Waals surface area contributed by atoms with Crippen LogP contribution in [0, 0.1) is 17.5 Å². The summed E-state index contributed by atoms with van der Waals surface area (Å²) < 4.78 is 44.2. The van der Waals surface area contributed by atoms with Crippen LogP contribution in [0.3, 0.4) is 0 Å². The number of hydrogen-bond acceptors (Lipinski definition) is 7. The maximum absolute atomic E-state index is 14.5. The van der Waals surface area contributed by atoms with Gasteiger partial charge in [0, 0.05) is 37.3 Å². The molecule has 0 bridgehead atoms. The Bertz CT molecular complexity index is 1290. The van der Waals surface area contributed by atoms with Crippen LogP contribution in [-0.2, 0) is 4.79 Å². The normalized spacial score (nSPS) is 22.1. The molecule has 1 aliphatic heterocycles. The van der Waals surface area contributed by atoms with Crippen molar-refractivity contribution in [3.8, 4) is 0 Å². The van der Waals surface area contributed by atoms with Gasteiger partial charge in [0.2, 0.25) is 11.9 Å². The lowest BCUT2D eigenvalue weighted by molar-refractivity contribution is -0.154. The first-order chi connectivity index (χ1) is 17.6. The summed E-state index contributed by atoms with van der Waals surface area (Å²) in [6, 6.07) is 0.976. The Labute approximate surface area is 212 Å². The molecule has 2 fully saturated rings. The van der Waals surface area contributed by atoms with Crippen molar-refractivity contribution >= 4 is 34.7 Å². The van der Waals surface area contributed by atoms with Gasteiger partial charge in [-0.15, -0.1) is 0 Å². The van der Waals surface area contributed by atoms with E-state index in [1.165, 1.54) is 6.20 Å². The number of anilines is 3. The summed E-state index contributed by atoms with van der Waals surface area (Å²) >= 11 is 0. The summed E-state index contributed by atoms with van der Waals surface area (Å²) in [7, 11) is 0. The number of carbonyl (C=O) groups is 1. The van der Waals surface area contributed by atoms with E-state index in [1.807, 2.05) is 13.8 Å². The van der Waals surface area contributed by atoms with Gasteiger partial charge in [-0.1, -0.05) is 0 Å². The molecule has 198 valence electrons. The highest BCUT2D eigenvalue weighted by atomic mass is 19.1. The van der Waals surface area contributed by atoms with Gasteiger partial charge in [-0.3, -0.25) is 9.36 Å². The molecule has 3 N–H and O–H groups in total. The highest BCUT2D eigenvalue weighted by Gasteiger charge is 2.43. The summed E-state index contributed by atoms with van der Waals surface area (Å²) in [5.74, 6) is -2.99. The monoisotopic (exact) mass is 517 g/mol. The summed E-state index contributed by atoms with van der Waals surface area (Å²) in [5.41, 5.74) is -1.15. The molecular formula is C25H30F3N7O2. The molecule has 0 radical (unpaired) electrons. The number of nitrogens with one attached hydrogen (secondary N) is 2. The van der Waals surface area contributed by atoms with Crippen LogP contribution in [0.25, 0.3) is 11.2 Å². The first-order valence-corrected chi connectivity index (χ1v) is 12.6. The van der Waals surface area contributed by atoms with Crippen LogP contribution in [0.2, 0.25) is 0 Å². The molecule has 1 aromatic carbocycles. The molecule has 5 rings (SSSR count). The fourth-order valence-corrected chi connectivity index (χ4v) is 5.19. The molecule has 12 heteroatoms. The van der Waals surface area contributed by atoms with Crippen molar-refractivity contribution in [3.05, 3.63) is 35.8 Å². The zero-order valence-corrected chi connectivity index (χ0v) is 20.8. The van der Waals surface area contributed by atoms with E-state index in [0.29, 0.717) is 55.2 Å². The summed E-state index contributed by atoms with van der Waals surface area (Å²) in [5, 5.41) is 17.0. The third kappa shape index (κ3) is 4.94. The Morgan fingerprint density at radius 2 is 1.76 bits per heavy atom. The van der Waals surface area contributed by atoms with E-state index in [1.54, 1.807) is 9.47 Å². The number of aromatic nitrogens is 4. The van der Waals surface area contributed by atoms with E-state index in [2.05, 4.69) is 25.6 Å². The van der Waals surface area contributed by atoms with Gasteiger partial charge in [0.1, 0.15) is 22.6 Å². The quantitative estimate of drug-likeness (QED) is 0.448. The van der Waals surface area contributed by atoms with Crippen LogP contribution in [-0.4, -0.2) is 60.2 Å². The van der Waals surface area contributed by atoms with Crippen LogP contribution in [0.4, 0.5) is 30.8 Å². The van der Waals surface area contributed by atoms with Crippen molar-refractivity contribution in [1.82, 2.24) is 24.4 Å². The Morgan fingerprint density at radius 3 is 2.38 bits per heavy atom. The standard InChI is InChI=1S/C25H30F3N7O2/c1-14(2)30-23-29-13-19-21(33-23)35(24(31-19)32-20-17(27)11-15(26)12-18(20)28)16-5-7-25(37,8-6-16)22(36)34-9-3-4-10-34/h11-14,16,37H,3-10H2,1-2H3,(H,31,32)(H,29,30,33)/t16-,25-. The number of carbonyl (C=O) groups excluding carboxylic acids is 1. The largest absolute Gasteiger partial charge is 0.380 e.